The van der Waals surface area contributed by atoms with Crippen LogP contribution in [0.1, 0.15) is 23.9 Å². The van der Waals surface area contributed by atoms with E-state index in [0.29, 0.717) is 6.61 Å². The van der Waals surface area contributed by atoms with Crippen LogP contribution in [-0.4, -0.2) is 37.6 Å². The minimum Gasteiger partial charge on any atom is -0.384 e. The molecule has 0 aliphatic rings. The van der Waals surface area contributed by atoms with Gasteiger partial charge >= 0.3 is 0 Å². The molecule has 0 aliphatic heterocycles. The van der Waals surface area contributed by atoms with Crippen LogP contribution in [0.4, 0.5) is 5.69 Å². The standard InChI is InChI=1S/C13H22N4O/c1-5-17(6-7-18-4)11-8-9(2)16-10(3)12(11)13(14)15/h8H,5-7H2,1-4H3,(H3,14,15). The highest BCUT2D eigenvalue weighted by atomic mass is 16.5. The molecule has 0 spiro atoms. The Morgan fingerprint density at radius 3 is 2.67 bits per heavy atom. The van der Waals surface area contributed by atoms with Crippen LogP contribution in [0.2, 0.25) is 0 Å². The molecule has 1 aromatic rings. The summed E-state index contributed by atoms with van der Waals surface area (Å²) in [6, 6.07) is 1.98. The van der Waals surface area contributed by atoms with Crippen molar-refractivity contribution < 1.29 is 4.74 Å². The van der Waals surface area contributed by atoms with E-state index in [0.717, 1.165) is 35.7 Å². The zero-order valence-corrected chi connectivity index (χ0v) is 11.6. The molecule has 0 saturated heterocycles. The molecule has 5 heteroatoms. The molecule has 0 unspecified atom stereocenters. The van der Waals surface area contributed by atoms with Crippen molar-refractivity contribution in [2.24, 2.45) is 5.73 Å². The third kappa shape index (κ3) is 3.20. The zero-order valence-electron chi connectivity index (χ0n) is 11.6. The predicted molar refractivity (Wildman–Crippen MR) is 74.5 cm³/mol. The van der Waals surface area contributed by atoms with Crippen LogP contribution in [0.25, 0.3) is 0 Å². The molecule has 1 heterocycles. The van der Waals surface area contributed by atoms with Gasteiger partial charge in [0, 0.05) is 25.9 Å². The van der Waals surface area contributed by atoms with Crippen LogP contribution in [0.5, 0.6) is 0 Å². The van der Waals surface area contributed by atoms with E-state index in [-0.39, 0.29) is 5.84 Å². The summed E-state index contributed by atoms with van der Waals surface area (Å²) in [4.78, 5) is 6.53. The van der Waals surface area contributed by atoms with E-state index in [1.54, 1.807) is 7.11 Å². The Morgan fingerprint density at radius 1 is 1.50 bits per heavy atom. The van der Waals surface area contributed by atoms with Crippen molar-refractivity contribution in [1.29, 1.82) is 5.41 Å². The lowest BCUT2D eigenvalue weighted by Gasteiger charge is -2.26. The van der Waals surface area contributed by atoms with Crippen LogP contribution in [0, 0.1) is 19.3 Å². The monoisotopic (exact) mass is 250 g/mol. The summed E-state index contributed by atoms with van der Waals surface area (Å²) in [7, 11) is 1.68. The molecule has 0 bridgehead atoms. The Bertz CT molecular complexity index is 431. The smallest absolute Gasteiger partial charge is 0.126 e. The fourth-order valence-corrected chi connectivity index (χ4v) is 2.04. The van der Waals surface area contributed by atoms with E-state index in [9.17, 15) is 0 Å². The van der Waals surface area contributed by atoms with Crippen molar-refractivity contribution in [1.82, 2.24) is 4.98 Å². The normalized spacial score (nSPS) is 10.4. The first-order chi connectivity index (χ1) is 8.51. The Kier molecular flexibility index (Phi) is 5.09. The summed E-state index contributed by atoms with van der Waals surface area (Å²) in [6.45, 7) is 8.17. The molecule has 0 fully saturated rings. The average Bonchev–Trinajstić information content (AvgIpc) is 2.28. The number of aryl methyl sites for hydroxylation is 2. The lowest BCUT2D eigenvalue weighted by atomic mass is 10.1. The van der Waals surface area contributed by atoms with E-state index >= 15 is 0 Å². The first kappa shape index (κ1) is 14.4. The molecule has 0 radical (unpaired) electrons. The van der Waals surface area contributed by atoms with Gasteiger partial charge in [-0.3, -0.25) is 10.4 Å². The number of likely N-dealkylation sites (N-methyl/N-ethyl adjacent to an activating group) is 1. The molecule has 1 aromatic heterocycles. The van der Waals surface area contributed by atoms with Gasteiger partial charge < -0.3 is 15.4 Å². The third-order valence-corrected chi connectivity index (χ3v) is 2.86. The topological polar surface area (TPSA) is 75.2 Å². The first-order valence-electron chi connectivity index (χ1n) is 6.07. The maximum absolute atomic E-state index is 7.71. The highest BCUT2D eigenvalue weighted by molar-refractivity contribution is 6.01. The third-order valence-electron chi connectivity index (χ3n) is 2.86. The van der Waals surface area contributed by atoms with E-state index < -0.39 is 0 Å². The molecule has 0 aromatic carbocycles. The molecular formula is C13H22N4O. The van der Waals surface area contributed by atoms with Gasteiger partial charge in [0.2, 0.25) is 0 Å². The molecule has 18 heavy (non-hydrogen) atoms. The largest absolute Gasteiger partial charge is 0.384 e. The quantitative estimate of drug-likeness (QED) is 0.592. The second-order valence-electron chi connectivity index (χ2n) is 4.23. The number of nitrogens with one attached hydrogen (secondary N) is 1. The number of ether oxygens (including phenoxy) is 1. The molecule has 0 saturated carbocycles. The number of aromatic nitrogens is 1. The van der Waals surface area contributed by atoms with Crippen LogP contribution in [-0.2, 0) is 4.74 Å². The second-order valence-corrected chi connectivity index (χ2v) is 4.23. The highest BCUT2D eigenvalue weighted by Crippen LogP contribution is 2.23. The van der Waals surface area contributed by atoms with Crippen molar-refractivity contribution in [3.05, 3.63) is 23.0 Å². The van der Waals surface area contributed by atoms with E-state index in [2.05, 4.69) is 16.8 Å². The number of hydrogen-bond acceptors (Lipinski definition) is 4. The number of methoxy groups -OCH3 is 1. The van der Waals surface area contributed by atoms with Gasteiger partial charge in [-0.1, -0.05) is 0 Å². The van der Waals surface area contributed by atoms with Gasteiger partial charge in [0.05, 0.1) is 23.6 Å². The van der Waals surface area contributed by atoms with Crippen molar-refractivity contribution in [2.45, 2.75) is 20.8 Å². The first-order valence-corrected chi connectivity index (χ1v) is 6.07. The number of pyridine rings is 1. The van der Waals surface area contributed by atoms with E-state index in [4.69, 9.17) is 15.9 Å². The molecule has 1 rings (SSSR count). The average molecular weight is 250 g/mol. The summed E-state index contributed by atoms with van der Waals surface area (Å²) in [5.41, 5.74) is 9.09. The number of anilines is 1. The lowest BCUT2D eigenvalue weighted by Crippen LogP contribution is -2.30. The van der Waals surface area contributed by atoms with Gasteiger partial charge in [0.15, 0.2) is 0 Å². The van der Waals surface area contributed by atoms with Gasteiger partial charge in [-0.25, -0.2) is 0 Å². The minimum atomic E-state index is 0.0610. The summed E-state index contributed by atoms with van der Waals surface area (Å²) in [5.74, 6) is 0.0610. The number of nitrogens with zero attached hydrogens (tertiary/aromatic N) is 2. The Morgan fingerprint density at radius 2 is 2.17 bits per heavy atom. The van der Waals surface area contributed by atoms with Crippen LogP contribution in [0.3, 0.4) is 0 Å². The summed E-state index contributed by atoms with van der Waals surface area (Å²) in [6.07, 6.45) is 0. The molecule has 3 N–H and O–H groups in total. The minimum absolute atomic E-state index is 0.0610. The van der Waals surface area contributed by atoms with Crippen LogP contribution in [0.15, 0.2) is 6.07 Å². The summed E-state index contributed by atoms with van der Waals surface area (Å²) < 4.78 is 5.11. The van der Waals surface area contributed by atoms with Gasteiger partial charge in [-0.2, -0.15) is 0 Å². The number of hydrogen-bond donors (Lipinski definition) is 2. The summed E-state index contributed by atoms with van der Waals surface area (Å²) in [5, 5.41) is 7.71. The fraction of sp³-hybridized carbons (Fsp3) is 0.538. The SMILES string of the molecule is CCN(CCOC)c1cc(C)nc(C)c1C(=N)N. The molecule has 0 amide bonds. The Balaban J connectivity index is 3.22. The summed E-state index contributed by atoms with van der Waals surface area (Å²) >= 11 is 0. The Hall–Kier alpha value is -1.62. The Labute approximate surface area is 108 Å². The zero-order chi connectivity index (χ0) is 13.7. The van der Waals surface area contributed by atoms with Crippen molar-refractivity contribution in [2.75, 3.05) is 31.7 Å². The molecule has 0 aliphatic carbocycles. The van der Waals surface area contributed by atoms with Gasteiger partial charge in [-0.05, 0) is 26.8 Å². The molecule has 100 valence electrons. The van der Waals surface area contributed by atoms with E-state index in [1.807, 2.05) is 19.9 Å². The second kappa shape index (κ2) is 6.35. The molecular weight excluding hydrogens is 228 g/mol. The van der Waals surface area contributed by atoms with Crippen molar-refractivity contribution >= 4 is 11.5 Å². The lowest BCUT2D eigenvalue weighted by molar-refractivity contribution is 0.205. The van der Waals surface area contributed by atoms with Gasteiger partial charge in [-0.15, -0.1) is 0 Å². The number of rotatable bonds is 6. The van der Waals surface area contributed by atoms with Crippen molar-refractivity contribution in [3.63, 3.8) is 0 Å². The highest BCUT2D eigenvalue weighted by Gasteiger charge is 2.15. The van der Waals surface area contributed by atoms with Gasteiger partial charge in [0.25, 0.3) is 0 Å². The predicted octanol–water partition coefficient (Wildman–Crippen LogP) is 1.46. The van der Waals surface area contributed by atoms with Crippen molar-refractivity contribution in [3.8, 4) is 0 Å². The number of nitrogens with two attached hydrogens (primary N) is 1. The number of nitrogen functional groups attached to an aromatic ring is 1. The van der Waals surface area contributed by atoms with E-state index in [1.165, 1.54) is 0 Å². The molecule has 5 nitrogen and oxygen atoms in total. The fourth-order valence-electron chi connectivity index (χ4n) is 2.04. The van der Waals surface area contributed by atoms with Gasteiger partial charge in [0.1, 0.15) is 5.84 Å². The number of amidine groups is 1. The van der Waals surface area contributed by atoms with Crippen LogP contribution < -0.4 is 10.6 Å². The maximum Gasteiger partial charge on any atom is 0.126 e. The van der Waals surface area contributed by atoms with Crippen LogP contribution >= 0.6 is 0 Å². The molecule has 0 atom stereocenters. The maximum atomic E-state index is 7.71.